The molecular weight excluding hydrogens is 664 g/mol. The summed E-state index contributed by atoms with van der Waals surface area (Å²) in [4.78, 5) is 61.0. The van der Waals surface area contributed by atoms with Gasteiger partial charge >= 0.3 is 0 Å². The van der Waals surface area contributed by atoms with E-state index in [1.807, 2.05) is 60.7 Å². The molecule has 4 amide bonds. The average molecular weight is 711 g/mol. The zero-order valence-electron chi connectivity index (χ0n) is 29.0. The normalized spacial score (nSPS) is 20.9. The summed E-state index contributed by atoms with van der Waals surface area (Å²) in [6, 6.07) is 24.2. The van der Waals surface area contributed by atoms with E-state index in [0.29, 0.717) is 57.0 Å². The van der Waals surface area contributed by atoms with Gasteiger partial charge in [0.2, 0.25) is 17.7 Å². The van der Waals surface area contributed by atoms with Crippen molar-refractivity contribution < 1.29 is 19.2 Å². The Labute approximate surface area is 304 Å². The van der Waals surface area contributed by atoms with E-state index in [9.17, 15) is 19.2 Å². The topological polar surface area (TPSA) is 114 Å². The molecule has 51 heavy (non-hydrogen) atoms. The maximum Gasteiger partial charge on any atom is 0.250 e. The number of hydrogen-bond donors (Lipinski definition) is 3. The number of benzene rings is 3. The lowest BCUT2D eigenvalue weighted by molar-refractivity contribution is -0.141. The van der Waals surface area contributed by atoms with E-state index < -0.39 is 17.6 Å². The molecule has 3 N–H and O–H groups in total. The summed E-state index contributed by atoms with van der Waals surface area (Å²) < 4.78 is 0. The third kappa shape index (κ3) is 7.77. The van der Waals surface area contributed by atoms with Gasteiger partial charge in [-0.05, 0) is 73.1 Å². The number of anilines is 1. The van der Waals surface area contributed by atoms with Crippen molar-refractivity contribution in [2.24, 2.45) is 0 Å². The molecule has 3 aromatic carbocycles. The Hall–Kier alpha value is -4.41. The van der Waals surface area contributed by atoms with Crippen molar-refractivity contribution in [1.82, 2.24) is 25.8 Å². The summed E-state index contributed by atoms with van der Waals surface area (Å²) in [7, 11) is 0. The predicted molar refractivity (Wildman–Crippen MR) is 197 cm³/mol. The van der Waals surface area contributed by atoms with E-state index in [-0.39, 0.29) is 36.2 Å². The van der Waals surface area contributed by atoms with Crippen molar-refractivity contribution in [1.29, 1.82) is 0 Å². The van der Waals surface area contributed by atoms with Gasteiger partial charge in [0.05, 0.1) is 12.7 Å². The maximum absolute atomic E-state index is 14.3. The highest BCUT2D eigenvalue weighted by Crippen LogP contribution is 2.39. The van der Waals surface area contributed by atoms with Crippen LogP contribution < -0.4 is 20.9 Å². The van der Waals surface area contributed by atoms with Crippen LogP contribution in [0.15, 0.2) is 78.9 Å². The van der Waals surface area contributed by atoms with Crippen LogP contribution >= 0.6 is 11.6 Å². The summed E-state index contributed by atoms with van der Waals surface area (Å²) >= 11 is 6.16. The predicted octanol–water partition coefficient (Wildman–Crippen LogP) is 4.20. The number of hydrogen-bond acceptors (Lipinski definition) is 6. The average Bonchev–Trinajstić information content (AvgIpc) is 3.41. The largest absolute Gasteiger partial charge is 0.352 e. The molecule has 2 atom stereocenters. The highest BCUT2D eigenvalue weighted by molar-refractivity contribution is 6.30. The molecule has 7 rings (SSSR count). The molecule has 0 aromatic heterocycles. The highest BCUT2D eigenvalue weighted by Gasteiger charge is 2.54. The van der Waals surface area contributed by atoms with Crippen molar-refractivity contribution in [2.75, 3.05) is 31.2 Å². The Morgan fingerprint density at radius 3 is 2.29 bits per heavy atom. The minimum absolute atomic E-state index is 0.0118. The Morgan fingerprint density at radius 1 is 0.882 bits per heavy atom. The lowest BCUT2D eigenvalue weighted by Gasteiger charge is -2.44. The van der Waals surface area contributed by atoms with Gasteiger partial charge in [-0.2, -0.15) is 0 Å². The first-order valence-corrected chi connectivity index (χ1v) is 18.7. The lowest BCUT2D eigenvalue weighted by atomic mass is 9.85. The SMILES string of the molecule is O=C(CN1CN(c2ccccc2)C2(CCN(C(=O)C(Cc3ccc(Cl)cc3)NC(=O)C3Cc4ccccc4CN3)CC2)C1=O)NC1CCCCC1. The molecule has 3 fully saturated rings. The van der Waals surface area contributed by atoms with Gasteiger partial charge in [0.25, 0.3) is 5.91 Å². The van der Waals surface area contributed by atoms with Crippen LogP contribution in [0.25, 0.3) is 0 Å². The first-order chi connectivity index (χ1) is 24.8. The van der Waals surface area contributed by atoms with E-state index >= 15 is 0 Å². The van der Waals surface area contributed by atoms with Gasteiger partial charge < -0.3 is 30.7 Å². The molecule has 1 aliphatic carbocycles. The highest BCUT2D eigenvalue weighted by atomic mass is 35.5. The van der Waals surface area contributed by atoms with E-state index in [2.05, 4.69) is 26.9 Å². The number of nitrogens with one attached hydrogen (secondary N) is 3. The number of amides is 4. The Morgan fingerprint density at radius 2 is 1.57 bits per heavy atom. The van der Waals surface area contributed by atoms with Crippen molar-refractivity contribution >= 4 is 40.9 Å². The molecule has 0 radical (unpaired) electrons. The van der Waals surface area contributed by atoms with Crippen LogP contribution in [0.4, 0.5) is 5.69 Å². The fourth-order valence-corrected chi connectivity index (χ4v) is 8.43. The van der Waals surface area contributed by atoms with Gasteiger partial charge in [0, 0.05) is 42.8 Å². The smallest absolute Gasteiger partial charge is 0.250 e. The van der Waals surface area contributed by atoms with Crippen molar-refractivity contribution in [2.45, 2.75) is 88.0 Å². The number of piperidine rings is 1. The molecular formula is C40H47ClN6O4. The van der Waals surface area contributed by atoms with Crippen LogP contribution in [-0.4, -0.2) is 83.4 Å². The Bertz CT molecular complexity index is 1720. The zero-order valence-corrected chi connectivity index (χ0v) is 29.7. The Balaban J connectivity index is 1.06. The van der Waals surface area contributed by atoms with E-state index in [1.54, 1.807) is 21.9 Å². The molecule has 0 bridgehead atoms. The number of carbonyl (C=O) groups excluding carboxylic acids is 4. The number of halogens is 1. The monoisotopic (exact) mass is 710 g/mol. The molecule has 2 unspecified atom stereocenters. The van der Waals surface area contributed by atoms with Gasteiger partial charge in [-0.15, -0.1) is 0 Å². The lowest BCUT2D eigenvalue weighted by Crippen LogP contribution is -2.60. The molecule has 4 aliphatic rings. The van der Waals surface area contributed by atoms with Crippen LogP contribution in [0.3, 0.4) is 0 Å². The van der Waals surface area contributed by atoms with Gasteiger partial charge in [0.1, 0.15) is 18.1 Å². The maximum atomic E-state index is 14.3. The number of carbonyl (C=O) groups is 4. The number of para-hydroxylation sites is 1. The molecule has 268 valence electrons. The Kier molecular flexibility index (Phi) is 10.6. The third-order valence-electron chi connectivity index (χ3n) is 11.2. The van der Waals surface area contributed by atoms with Crippen LogP contribution in [0.2, 0.25) is 5.02 Å². The molecule has 3 heterocycles. The first kappa shape index (κ1) is 35.0. The summed E-state index contributed by atoms with van der Waals surface area (Å²) in [5.41, 5.74) is 3.22. The van der Waals surface area contributed by atoms with Gasteiger partial charge in [-0.1, -0.05) is 85.5 Å². The molecule has 10 nitrogen and oxygen atoms in total. The summed E-state index contributed by atoms with van der Waals surface area (Å²) in [6.45, 7) is 1.60. The van der Waals surface area contributed by atoms with Crippen LogP contribution in [0, 0.1) is 0 Å². The van der Waals surface area contributed by atoms with Crippen LogP contribution in [-0.2, 0) is 38.6 Å². The quantitative estimate of drug-likeness (QED) is 0.307. The fourth-order valence-electron chi connectivity index (χ4n) is 8.30. The standard InChI is InChI=1S/C40H47ClN6O4/c41-31-17-15-28(16-18-31)23-35(44-37(49)34-24-29-9-7-8-10-30(29)25-42-34)38(50)45-21-19-40(20-22-45)39(51)46(27-47(40)33-13-5-2-6-14-33)26-36(48)43-32-11-3-1-4-12-32/h2,5-10,13-18,32,34-35,42H,1,3-4,11-12,19-27H2,(H,43,48)(H,44,49). The van der Waals surface area contributed by atoms with E-state index in [4.69, 9.17) is 11.6 Å². The zero-order chi connectivity index (χ0) is 35.4. The third-order valence-corrected chi connectivity index (χ3v) is 11.4. The summed E-state index contributed by atoms with van der Waals surface area (Å²) in [5.74, 6) is -0.588. The molecule has 3 aliphatic heterocycles. The summed E-state index contributed by atoms with van der Waals surface area (Å²) in [5, 5.41) is 10.2. The van der Waals surface area contributed by atoms with Gasteiger partial charge in [-0.25, -0.2) is 0 Å². The number of fused-ring (bicyclic) bond motifs is 1. The number of rotatable bonds is 9. The van der Waals surface area contributed by atoms with Gasteiger partial charge in [0.15, 0.2) is 0 Å². The second-order valence-electron chi connectivity index (χ2n) is 14.5. The number of nitrogens with zero attached hydrogens (tertiary/aromatic N) is 3. The minimum Gasteiger partial charge on any atom is -0.352 e. The van der Waals surface area contributed by atoms with E-state index in [0.717, 1.165) is 42.5 Å². The van der Waals surface area contributed by atoms with Crippen molar-refractivity contribution in [3.05, 3.63) is 101 Å². The second kappa shape index (κ2) is 15.5. The first-order valence-electron chi connectivity index (χ1n) is 18.3. The molecule has 3 aromatic rings. The summed E-state index contributed by atoms with van der Waals surface area (Å²) in [6.07, 6.45) is 7.07. The molecule has 2 saturated heterocycles. The van der Waals surface area contributed by atoms with Crippen molar-refractivity contribution in [3.63, 3.8) is 0 Å². The van der Waals surface area contributed by atoms with Crippen molar-refractivity contribution in [3.8, 4) is 0 Å². The second-order valence-corrected chi connectivity index (χ2v) is 14.9. The van der Waals surface area contributed by atoms with Crippen LogP contribution in [0.5, 0.6) is 0 Å². The molecule has 11 heteroatoms. The molecule has 1 spiro atoms. The fraction of sp³-hybridized carbons (Fsp3) is 0.450. The number of likely N-dealkylation sites (tertiary alicyclic amines) is 1. The minimum atomic E-state index is -0.877. The molecule has 1 saturated carbocycles. The van der Waals surface area contributed by atoms with Gasteiger partial charge in [-0.3, -0.25) is 19.2 Å². The van der Waals surface area contributed by atoms with E-state index in [1.165, 1.54) is 12.0 Å². The van der Waals surface area contributed by atoms with Crippen LogP contribution in [0.1, 0.15) is 61.6 Å².